The van der Waals surface area contributed by atoms with E-state index in [1.807, 2.05) is 36.4 Å². The Morgan fingerprint density at radius 3 is 2.58 bits per heavy atom. The first-order valence-corrected chi connectivity index (χ1v) is 9.93. The van der Waals surface area contributed by atoms with Crippen molar-refractivity contribution < 1.29 is 31.8 Å². The van der Waals surface area contributed by atoms with Gasteiger partial charge in [0.2, 0.25) is 0 Å². The van der Waals surface area contributed by atoms with Crippen LogP contribution in [0.5, 0.6) is 0 Å². The number of morpholine rings is 1. The number of carbonyl (C=O) groups is 1. The van der Waals surface area contributed by atoms with Crippen LogP contribution in [0.3, 0.4) is 0 Å². The molecule has 2 atom stereocenters. The maximum Gasteiger partial charge on any atom is 0.419 e. The molecule has 4 rings (SSSR count). The van der Waals surface area contributed by atoms with Gasteiger partial charge in [0.15, 0.2) is 0 Å². The normalized spacial score (nSPS) is 20.9. The third-order valence-corrected chi connectivity index (χ3v) is 5.46. The van der Waals surface area contributed by atoms with Crippen LogP contribution in [0.1, 0.15) is 23.1 Å². The summed E-state index contributed by atoms with van der Waals surface area (Å²) in [7, 11) is 0. The van der Waals surface area contributed by atoms with Gasteiger partial charge < -0.3 is 9.47 Å². The Morgan fingerprint density at radius 1 is 1.10 bits per heavy atom. The Hall–Kier alpha value is -2.87. The molecule has 1 fully saturated rings. The first-order valence-electron chi connectivity index (χ1n) is 9.93. The zero-order valence-corrected chi connectivity index (χ0v) is 16.6. The van der Waals surface area contributed by atoms with Crippen molar-refractivity contribution in [3.8, 4) is 0 Å². The van der Waals surface area contributed by atoms with E-state index < -0.39 is 23.7 Å². The zero-order chi connectivity index (χ0) is 22.0. The van der Waals surface area contributed by atoms with E-state index in [0.29, 0.717) is 18.6 Å². The number of rotatable bonds is 4. The molecule has 0 aliphatic carbocycles. The maximum atomic E-state index is 13.6. The minimum atomic E-state index is -4.75. The van der Waals surface area contributed by atoms with Crippen LogP contribution in [-0.2, 0) is 28.7 Å². The Morgan fingerprint density at radius 2 is 1.87 bits per heavy atom. The van der Waals surface area contributed by atoms with Crippen molar-refractivity contribution in [2.45, 2.75) is 37.7 Å². The van der Waals surface area contributed by atoms with Crippen LogP contribution in [0, 0.1) is 5.82 Å². The summed E-state index contributed by atoms with van der Waals surface area (Å²) in [5.74, 6) is -1.29. The van der Waals surface area contributed by atoms with Gasteiger partial charge in [-0.1, -0.05) is 48.0 Å². The topological polar surface area (TPSA) is 38.8 Å². The molecule has 1 saturated heterocycles. The van der Waals surface area contributed by atoms with Crippen molar-refractivity contribution >= 4 is 6.09 Å². The molecule has 8 heteroatoms. The fraction of sp³-hybridized carbons (Fsp3) is 0.348. The summed E-state index contributed by atoms with van der Waals surface area (Å²) in [6.45, 7) is 0.770. The summed E-state index contributed by atoms with van der Waals surface area (Å²) in [5, 5.41) is 0. The molecule has 0 aromatic heterocycles. The number of alkyl halides is 3. The number of amides is 1. The molecule has 0 saturated carbocycles. The molecule has 2 aliphatic heterocycles. The standard InChI is InChI=1S/C23H21F4NO3/c24-21-7-6-16(11-20(21)23(25,26)27)8-17-9-18-13-30-14-19(10-17)28(18)22(29)31-12-15-4-2-1-3-5-15/h1-7,9,11,18-19H,8,10,12-14H2. The van der Waals surface area contributed by atoms with Crippen LogP contribution in [-0.4, -0.2) is 36.3 Å². The lowest BCUT2D eigenvalue weighted by Gasteiger charge is -2.43. The van der Waals surface area contributed by atoms with E-state index in [1.165, 1.54) is 6.07 Å². The second-order valence-electron chi connectivity index (χ2n) is 7.72. The monoisotopic (exact) mass is 435 g/mol. The molecule has 2 aromatic carbocycles. The minimum Gasteiger partial charge on any atom is -0.445 e. The number of halogens is 4. The average molecular weight is 435 g/mol. The van der Waals surface area contributed by atoms with Gasteiger partial charge in [0, 0.05) is 0 Å². The van der Waals surface area contributed by atoms with E-state index >= 15 is 0 Å². The molecule has 4 nitrogen and oxygen atoms in total. The lowest BCUT2D eigenvalue weighted by molar-refractivity contribution is -0.140. The Balaban J connectivity index is 1.47. The predicted octanol–water partition coefficient (Wildman–Crippen LogP) is 5.12. The molecule has 2 bridgehead atoms. The first kappa shape index (κ1) is 21.4. The summed E-state index contributed by atoms with van der Waals surface area (Å²) in [5.41, 5.74) is 0.877. The van der Waals surface area contributed by atoms with Crippen LogP contribution in [0.15, 0.2) is 60.2 Å². The summed E-state index contributed by atoms with van der Waals surface area (Å²) in [4.78, 5) is 14.3. The molecule has 2 unspecified atom stereocenters. The van der Waals surface area contributed by atoms with Crippen molar-refractivity contribution in [1.82, 2.24) is 4.90 Å². The number of carbonyl (C=O) groups excluding carboxylic acids is 1. The fourth-order valence-electron chi connectivity index (χ4n) is 4.06. The molecule has 31 heavy (non-hydrogen) atoms. The summed E-state index contributed by atoms with van der Waals surface area (Å²) < 4.78 is 63.6. The highest BCUT2D eigenvalue weighted by atomic mass is 19.4. The number of fused-ring (bicyclic) bond motifs is 2. The highest BCUT2D eigenvalue weighted by molar-refractivity contribution is 5.69. The highest BCUT2D eigenvalue weighted by Crippen LogP contribution is 2.34. The van der Waals surface area contributed by atoms with Crippen molar-refractivity contribution in [1.29, 1.82) is 0 Å². The summed E-state index contributed by atoms with van der Waals surface area (Å²) in [6.07, 6.45) is -2.64. The van der Waals surface area contributed by atoms with Gasteiger partial charge in [0.1, 0.15) is 12.4 Å². The maximum absolute atomic E-state index is 13.6. The van der Waals surface area contributed by atoms with E-state index in [2.05, 4.69) is 0 Å². The molecule has 0 radical (unpaired) electrons. The quantitative estimate of drug-likeness (QED) is 0.494. The van der Waals surface area contributed by atoms with Gasteiger partial charge in [-0.2, -0.15) is 13.2 Å². The van der Waals surface area contributed by atoms with Crippen molar-refractivity contribution in [2.75, 3.05) is 13.2 Å². The Kier molecular flexibility index (Phi) is 6.00. The number of benzene rings is 2. The van der Waals surface area contributed by atoms with Crippen molar-refractivity contribution in [2.24, 2.45) is 0 Å². The van der Waals surface area contributed by atoms with Crippen LogP contribution in [0.2, 0.25) is 0 Å². The van der Waals surface area contributed by atoms with Gasteiger partial charge >= 0.3 is 12.3 Å². The van der Waals surface area contributed by atoms with E-state index in [-0.39, 0.29) is 31.7 Å². The smallest absolute Gasteiger partial charge is 0.419 e. The van der Waals surface area contributed by atoms with E-state index in [4.69, 9.17) is 9.47 Å². The molecular formula is C23H21F4NO3. The number of nitrogens with zero attached hydrogens (tertiary/aromatic N) is 1. The van der Waals surface area contributed by atoms with E-state index in [1.54, 1.807) is 4.90 Å². The average Bonchev–Trinajstić information content (AvgIpc) is 2.73. The van der Waals surface area contributed by atoms with Gasteiger partial charge in [-0.05, 0) is 36.1 Å². The molecule has 0 N–H and O–H groups in total. The number of hydrogen-bond acceptors (Lipinski definition) is 3. The molecule has 2 aromatic rings. The van der Waals surface area contributed by atoms with Crippen LogP contribution >= 0.6 is 0 Å². The van der Waals surface area contributed by atoms with Gasteiger partial charge in [-0.15, -0.1) is 0 Å². The Labute approximate surface area is 177 Å². The number of ether oxygens (including phenoxy) is 2. The van der Waals surface area contributed by atoms with E-state index in [9.17, 15) is 22.4 Å². The fourth-order valence-corrected chi connectivity index (χ4v) is 4.06. The molecular weight excluding hydrogens is 414 g/mol. The molecule has 1 amide bonds. The van der Waals surface area contributed by atoms with Gasteiger partial charge in [-0.3, -0.25) is 4.90 Å². The van der Waals surface area contributed by atoms with E-state index in [0.717, 1.165) is 23.3 Å². The van der Waals surface area contributed by atoms with Gasteiger partial charge in [0.25, 0.3) is 0 Å². The van der Waals surface area contributed by atoms with Crippen LogP contribution < -0.4 is 0 Å². The second-order valence-corrected chi connectivity index (χ2v) is 7.72. The SMILES string of the molecule is O=C(OCc1ccccc1)N1C2C=C(Cc3ccc(F)c(C(F)(F)F)c3)CC1COC2. The summed E-state index contributed by atoms with van der Waals surface area (Å²) in [6, 6.07) is 11.8. The third-order valence-electron chi connectivity index (χ3n) is 5.46. The highest BCUT2D eigenvalue weighted by Gasteiger charge is 2.39. The van der Waals surface area contributed by atoms with Crippen LogP contribution in [0.4, 0.5) is 22.4 Å². The largest absolute Gasteiger partial charge is 0.445 e. The van der Waals surface area contributed by atoms with Crippen molar-refractivity contribution in [3.05, 3.63) is 82.7 Å². The lowest BCUT2D eigenvalue weighted by atomic mass is 9.90. The van der Waals surface area contributed by atoms with Crippen LogP contribution in [0.25, 0.3) is 0 Å². The van der Waals surface area contributed by atoms with Gasteiger partial charge in [0.05, 0.1) is 30.9 Å². The van der Waals surface area contributed by atoms with Gasteiger partial charge in [-0.25, -0.2) is 9.18 Å². The predicted molar refractivity (Wildman–Crippen MR) is 105 cm³/mol. The van der Waals surface area contributed by atoms with Crippen molar-refractivity contribution in [3.63, 3.8) is 0 Å². The lowest BCUT2D eigenvalue weighted by Crippen LogP contribution is -2.56. The first-order chi connectivity index (χ1) is 14.8. The third kappa shape index (κ3) is 4.90. The molecule has 2 heterocycles. The number of hydrogen-bond donors (Lipinski definition) is 0. The second kappa shape index (κ2) is 8.70. The molecule has 2 aliphatic rings. The Bertz CT molecular complexity index is 975. The summed E-state index contributed by atoms with van der Waals surface area (Å²) >= 11 is 0. The molecule has 164 valence electrons. The zero-order valence-electron chi connectivity index (χ0n) is 16.6. The minimum absolute atomic E-state index is 0.156. The molecule has 0 spiro atoms.